The minimum Gasteiger partial charge on any atom is -0.487 e. The maximum Gasteiger partial charge on any atom is 0.172 e. The molecule has 7 nitrogen and oxygen atoms in total. The van der Waals surface area contributed by atoms with Gasteiger partial charge in [0.2, 0.25) is 0 Å². The Morgan fingerprint density at radius 1 is 1.17 bits per heavy atom. The van der Waals surface area contributed by atoms with E-state index in [1.54, 1.807) is 6.20 Å². The predicted octanol–water partition coefficient (Wildman–Crippen LogP) is 3.87. The van der Waals surface area contributed by atoms with Crippen molar-refractivity contribution < 1.29 is 13.5 Å². The molecule has 3 heterocycles. The zero-order valence-corrected chi connectivity index (χ0v) is 17.2. The third-order valence-corrected chi connectivity index (χ3v) is 4.99. The maximum absolute atomic E-state index is 13.9. The van der Waals surface area contributed by atoms with Gasteiger partial charge < -0.3 is 15.0 Å². The molecular weight excluding hydrogens is 390 g/mol. The highest BCUT2D eigenvalue weighted by atomic mass is 19.1. The van der Waals surface area contributed by atoms with Crippen LogP contribution in [-0.2, 0) is 0 Å². The number of halogens is 2. The number of aryl methyl sites for hydroxylation is 1. The van der Waals surface area contributed by atoms with E-state index in [0.29, 0.717) is 37.3 Å². The Balaban J connectivity index is 1.54. The summed E-state index contributed by atoms with van der Waals surface area (Å²) in [6, 6.07) is 3.56. The Morgan fingerprint density at radius 3 is 2.63 bits per heavy atom. The van der Waals surface area contributed by atoms with Crippen LogP contribution in [0.5, 0.6) is 5.75 Å². The van der Waals surface area contributed by atoms with E-state index in [1.807, 2.05) is 20.8 Å². The third-order valence-electron chi connectivity index (χ3n) is 4.99. The molecule has 2 aromatic heterocycles. The predicted molar refractivity (Wildman–Crippen MR) is 111 cm³/mol. The van der Waals surface area contributed by atoms with Gasteiger partial charge in [0.25, 0.3) is 0 Å². The Bertz CT molecular complexity index is 1050. The van der Waals surface area contributed by atoms with Gasteiger partial charge in [-0.05, 0) is 32.9 Å². The molecule has 0 unspecified atom stereocenters. The summed E-state index contributed by atoms with van der Waals surface area (Å²) in [6.07, 6.45) is 2.84. The van der Waals surface area contributed by atoms with Gasteiger partial charge in [0.15, 0.2) is 23.2 Å². The van der Waals surface area contributed by atoms with Crippen LogP contribution in [0, 0.1) is 18.6 Å². The lowest BCUT2D eigenvalue weighted by molar-refractivity contribution is 0.163. The van der Waals surface area contributed by atoms with Gasteiger partial charge in [0, 0.05) is 38.0 Å². The summed E-state index contributed by atoms with van der Waals surface area (Å²) in [4.78, 5) is 11.7. The fraction of sp³-hybridized carbons (Fsp3) is 0.429. The van der Waals surface area contributed by atoms with Gasteiger partial charge in [0.1, 0.15) is 23.0 Å². The van der Waals surface area contributed by atoms with Crippen molar-refractivity contribution in [2.75, 3.05) is 23.3 Å². The summed E-state index contributed by atoms with van der Waals surface area (Å²) < 4.78 is 32.8. The van der Waals surface area contributed by atoms with Crippen LogP contribution in [0.4, 0.5) is 20.4 Å². The summed E-state index contributed by atoms with van der Waals surface area (Å²) in [5, 5.41) is 11.4. The summed E-state index contributed by atoms with van der Waals surface area (Å²) in [6.45, 7) is 7.31. The second-order valence-corrected chi connectivity index (χ2v) is 7.74. The average Bonchev–Trinajstić information content (AvgIpc) is 2.70. The monoisotopic (exact) mass is 414 g/mol. The number of aromatic nitrogens is 4. The number of piperidine rings is 1. The number of nitrogens with one attached hydrogen (secondary N) is 1. The fourth-order valence-electron chi connectivity index (χ4n) is 3.54. The molecule has 0 radical (unpaired) electrons. The largest absolute Gasteiger partial charge is 0.487 e. The lowest BCUT2D eigenvalue weighted by Gasteiger charge is -2.34. The molecule has 30 heavy (non-hydrogen) atoms. The number of benzene rings is 1. The van der Waals surface area contributed by atoms with E-state index in [-0.39, 0.29) is 17.9 Å². The number of ether oxygens (including phenoxy) is 1. The van der Waals surface area contributed by atoms with Crippen LogP contribution in [0.25, 0.3) is 11.0 Å². The van der Waals surface area contributed by atoms with Gasteiger partial charge >= 0.3 is 0 Å². The van der Waals surface area contributed by atoms with Crippen molar-refractivity contribution >= 4 is 22.7 Å². The highest BCUT2D eigenvalue weighted by Crippen LogP contribution is 2.30. The molecule has 4 rings (SSSR count). The zero-order valence-electron chi connectivity index (χ0n) is 17.2. The number of nitrogens with zero attached hydrogens (tertiary/aromatic N) is 5. The molecule has 0 amide bonds. The molecule has 1 saturated heterocycles. The molecule has 1 N–H and O–H groups in total. The van der Waals surface area contributed by atoms with Crippen molar-refractivity contribution in [3.8, 4) is 5.75 Å². The lowest BCUT2D eigenvalue weighted by atomic mass is 10.1. The highest BCUT2D eigenvalue weighted by Gasteiger charge is 2.25. The van der Waals surface area contributed by atoms with Crippen LogP contribution in [0.3, 0.4) is 0 Å². The van der Waals surface area contributed by atoms with Crippen molar-refractivity contribution in [2.45, 2.75) is 45.8 Å². The molecule has 1 aliphatic rings. The van der Waals surface area contributed by atoms with Crippen LogP contribution in [0.15, 0.2) is 24.4 Å². The minimum atomic E-state index is -0.683. The number of hydrogen-bond acceptors (Lipinski definition) is 7. The van der Waals surface area contributed by atoms with E-state index in [4.69, 9.17) is 14.7 Å². The molecule has 3 aromatic rings. The molecule has 9 heteroatoms. The summed E-state index contributed by atoms with van der Waals surface area (Å²) >= 11 is 0. The van der Waals surface area contributed by atoms with Crippen LogP contribution in [-0.4, -0.2) is 45.4 Å². The molecule has 1 aliphatic heterocycles. The van der Waals surface area contributed by atoms with Crippen molar-refractivity contribution in [3.63, 3.8) is 0 Å². The number of hydrogen-bond donors (Lipinski definition) is 1. The highest BCUT2D eigenvalue weighted by molar-refractivity contribution is 5.81. The van der Waals surface area contributed by atoms with E-state index in [2.05, 4.69) is 20.4 Å². The summed E-state index contributed by atoms with van der Waals surface area (Å²) in [5.74, 6) is 0.247. The van der Waals surface area contributed by atoms with Crippen LogP contribution >= 0.6 is 0 Å². The van der Waals surface area contributed by atoms with Crippen LogP contribution in [0.1, 0.15) is 32.4 Å². The molecule has 1 aromatic carbocycles. The minimum absolute atomic E-state index is 0.0803. The van der Waals surface area contributed by atoms with E-state index in [9.17, 15) is 8.78 Å². The molecule has 1 fully saturated rings. The molecule has 158 valence electrons. The van der Waals surface area contributed by atoms with E-state index in [1.165, 1.54) is 12.1 Å². The SMILES string of the molecule is Cc1nncc2nc(NC(C)C)c(N3CCC(Oc4ccc(F)cc4F)CC3)nc12. The smallest absolute Gasteiger partial charge is 0.172 e. The molecule has 0 bridgehead atoms. The lowest BCUT2D eigenvalue weighted by Crippen LogP contribution is -2.39. The summed E-state index contributed by atoms with van der Waals surface area (Å²) in [7, 11) is 0. The molecule has 0 saturated carbocycles. The first kappa shape index (κ1) is 20.2. The number of rotatable bonds is 5. The van der Waals surface area contributed by atoms with Crippen molar-refractivity contribution in [2.24, 2.45) is 0 Å². The van der Waals surface area contributed by atoms with Gasteiger partial charge in [-0.1, -0.05) is 0 Å². The molecule has 0 atom stereocenters. The zero-order chi connectivity index (χ0) is 21.3. The van der Waals surface area contributed by atoms with Gasteiger partial charge in [-0.15, -0.1) is 0 Å². The van der Waals surface area contributed by atoms with Gasteiger partial charge in [-0.25, -0.2) is 18.7 Å². The Labute approximate surface area is 173 Å². The standard InChI is InChI=1S/C21H24F2N6O/c1-12(2)25-20-21(27-19-13(3)28-24-11-17(19)26-20)29-8-6-15(7-9-29)30-18-5-4-14(22)10-16(18)23/h4-5,10-12,15H,6-9H2,1-3H3,(H,25,26). The third kappa shape index (κ3) is 4.24. The van der Waals surface area contributed by atoms with Gasteiger partial charge in [0.05, 0.1) is 11.9 Å². The van der Waals surface area contributed by atoms with E-state index < -0.39 is 11.6 Å². The van der Waals surface area contributed by atoms with E-state index in [0.717, 1.165) is 23.1 Å². The van der Waals surface area contributed by atoms with E-state index >= 15 is 0 Å². The normalized spacial score (nSPS) is 15.1. The molecular formula is C21H24F2N6O. The Hall–Kier alpha value is -3.10. The molecule has 0 spiro atoms. The Kier molecular flexibility index (Phi) is 5.61. The first-order valence-electron chi connectivity index (χ1n) is 10.0. The van der Waals surface area contributed by atoms with Gasteiger partial charge in [-0.2, -0.15) is 10.2 Å². The quantitative estimate of drug-likeness (QED) is 0.679. The van der Waals surface area contributed by atoms with Crippen molar-refractivity contribution in [1.29, 1.82) is 0 Å². The second kappa shape index (κ2) is 8.33. The van der Waals surface area contributed by atoms with Gasteiger partial charge in [-0.3, -0.25) is 0 Å². The first-order valence-corrected chi connectivity index (χ1v) is 10.0. The Morgan fingerprint density at radius 2 is 1.93 bits per heavy atom. The summed E-state index contributed by atoms with van der Waals surface area (Å²) in [5.41, 5.74) is 2.14. The van der Waals surface area contributed by atoms with Crippen molar-refractivity contribution in [1.82, 2.24) is 20.2 Å². The van der Waals surface area contributed by atoms with Crippen molar-refractivity contribution in [3.05, 3.63) is 41.7 Å². The van der Waals surface area contributed by atoms with Crippen LogP contribution in [0.2, 0.25) is 0 Å². The first-order chi connectivity index (χ1) is 14.4. The number of anilines is 2. The molecule has 0 aliphatic carbocycles. The maximum atomic E-state index is 13.9. The average molecular weight is 414 g/mol. The topological polar surface area (TPSA) is 76.1 Å². The fourth-order valence-corrected chi connectivity index (χ4v) is 3.54. The number of fused-ring (bicyclic) bond motifs is 1. The second-order valence-electron chi connectivity index (χ2n) is 7.74. The van der Waals surface area contributed by atoms with Crippen LogP contribution < -0.4 is 15.0 Å².